The summed E-state index contributed by atoms with van der Waals surface area (Å²) < 4.78 is 13.0. The smallest absolute Gasteiger partial charge is 0.341 e. The van der Waals surface area contributed by atoms with Crippen LogP contribution in [0.2, 0.25) is 0 Å². The summed E-state index contributed by atoms with van der Waals surface area (Å²) in [6.07, 6.45) is 0. The number of cyclic esters (lactones) is 1. The maximum Gasteiger partial charge on any atom is 0.341 e. The van der Waals surface area contributed by atoms with Crippen molar-refractivity contribution in [2.45, 2.75) is 39.3 Å². The van der Waals surface area contributed by atoms with Crippen LogP contribution in [0.1, 0.15) is 49.8 Å². The minimum atomic E-state index is -0.594. The first-order valence-electron chi connectivity index (χ1n) is 6.82. The molecular formula is C16H19NO3. The summed E-state index contributed by atoms with van der Waals surface area (Å²) in [6.45, 7) is 8.10. The minimum Gasteiger partial charge on any atom is -0.497 e. The summed E-state index contributed by atoms with van der Waals surface area (Å²) in [7, 11) is 1.63. The van der Waals surface area contributed by atoms with Crippen LogP contribution < -0.4 is 4.74 Å². The molecule has 0 aliphatic carbocycles. The summed E-state index contributed by atoms with van der Waals surface area (Å²) in [5.41, 5.74) is 2.09. The monoisotopic (exact) mass is 273 g/mol. The number of aromatic nitrogens is 1. The summed E-state index contributed by atoms with van der Waals surface area (Å²) in [4.78, 5) is 12.3. The Hall–Kier alpha value is -1.97. The first-order valence-corrected chi connectivity index (χ1v) is 6.82. The van der Waals surface area contributed by atoms with Crippen LogP contribution in [-0.4, -0.2) is 17.6 Å². The van der Waals surface area contributed by atoms with Crippen molar-refractivity contribution in [1.82, 2.24) is 4.57 Å². The van der Waals surface area contributed by atoms with Crippen LogP contribution in [0.25, 0.3) is 10.9 Å². The van der Waals surface area contributed by atoms with Crippen molar-refractivity contribution in [3.63, 3.8) is 0 Å². The normalized spacial score (nSPS) is 16.6. The molecule has 4 heteroatoms. The van der Waals surface area contributed by atoms with Crippen molar-refractivity contribution in [2.75, 3.05) is 7.11 Å². The van der Waals surface area contributed by atoms with Gasteiger partial charge in [-0.05, 0) is 45.9 Å². The third kappa shape index (κ3) is 1.57. The highest BCUT2D eigenvalue weighted by Crippen LogP contribution is 2.44. The lowest BCUT2D eigenvalue weighted by Gasteiger charge is -2.23. The number of benzene rings is 1. The summed E-state index contributed by atoms with van der Waals surface area (Å²) in [5, 5.41) is 0.906. The van der Waals surface area contributed by atoms with Crippen LogP contribution in [0.4, 0.5) is 0 Å². The van der Waals surface area contributed by atoms with E-state index in [1.54, 1.807) is 7.11 Å². The second kappa shape index (κ2) is 4.01. The van der Waals surface area contributed by atoms with Crippen molar-refractivity contribution in [1.29, 1.82) is 0 Å². The Labute approximate surface area is 118 Å². The fourth-order valence-corrected chi connectivity index (χ4v) is 3.09. The Kier molecular flexibility index (Phi) is 2.61. The Balaban J connectivity index is 2.45. The van der Waals surface area contributed by atoms with Gasteiger partial charge in [0.05, 0.1) is 18.4 Å². The van der Waals surface area contributed by atoms with Crippen LogP contribution in [0.15, 0.2) is 18.2 Å². The van der Waals surface area contributed by atoms with E-state index >= 15 is 0 Å². The third-order valence-electron chi connectivity index (χ3n) is 3.85. The van der Waals surface area contributed by atoms with Gasteiger partial charge in [0.2, 0.25) is 0 Å². The van der Waals surface area contributed by atoms with Crippen LogP contribution in [-0.2, 0) is 10.3 Å². The molecule has 2 heterocycles. The highest BCUT2D eigenvalue weighted by molar-refractivity contribution is 6.08. The van der Waals surface area contributed by atoms with Crippen molar-refractivity contribution >= 4 is 16.9 Å². The van der Waals surface area contributed by atoms with Gasteiger partial charge in [-0.2, -0.15) is 0 Å². The molecule has 0 bridgehead atoms. The molecule has 4 nitrogen and oxygen atoms in total. The molecule has 20 heavy (non-hydrogen) atoms. The van der Waals surface area contributed by atoms with Crippen molar-refractivity contribution < 1.29 is 14.3 Å². The Morgan fingerprint density at radius 3 is 2.60 bits per heavy atom. The van der Waals surface area contributed by atoms with Gasteiger partial charge < -0.3 is 14.0 Å². The predicted octanol–water partition coefficient (Wildman–Crippen LogP) is 3.64. The lowest BCUT2D eigenvalue weighted by molar-refractivity contribution is 0.00685. The van der Waals surface area contributed by atoms with Gasteiger partial charge in [0.1, 0.15) is 11.4 Å². The molecule has 3 rings (SSSR count). The van der Waals surface area contributed by atoms with E-state index in [1.165, 1.54) is 0 Å². The number of fused-ring (bicyclic) bond motifs is 3. The second-order valence-electron chi connectivity index (χ2n) is 5.97. The molecule has 0 saturated carbocycles. The van der Waals surface area contributed by atoms with E-state index < -0.39 is 5.60 Å². The van der Waals surface area contributed by atoms with E-state index in [0.29, 0.717) is 5.56 Å². The van der Waals surface area contributed by atoms with Crippen LogP contribution in [0.5, 0.6) is 5.75 Å². The van der Waals surface area contributed by atoms with E-state index in [2.05, 4.69) is 18.4 Å². The highest BCUT2D eigenvalue weighted by atomic mass is 16.6. The van der Waals surface area contributed by atoms with Crippen molar-refractivity contribution in [2.24, 2.45) is 0 Å². The van der Waals surface area contributed by atoms with E-state index in [4.69, 9.17) is 9.47 Å². The molecule has 0 atom stereocenters. The number of carbonyl (C=O) groups is 1. The number of esters is 1. The molecule has 0 saturated heterocycles. The van der Waals surface area contributed by atoms with Gasteiger partial charge in [-0.25, -0.2) is 4.79 Å². The van der Waals surface area contributed by atoms with Gasteiger partial charge in [0.15, 0.2) is 0 Å². The molecule has 0 radical (unpaired) electrons. The molecule has 1 aromatic heterocycles. The second-order valence-corrected chi connectivity index (χ2v) is 5.97. The van der Waals surface area contributed by atoms with Crippen LogP contribution in [0.3, 0.4) is 0 Å². The Bertz CT molecular complexity index is 710. The number of hydrogen-bond acceptors (Lipinski definition) is 3. The Morgan fingerprint density at radius 2 is 2.00 bits per heavy atom. The molecule has 1 aliphatic heterocycles. The molecule has 0 amide bonds. The maximum absolute atomic E-state index is 12.3. The van der Waals surface area contributed by atoms with Gasteiger partial charge in [-0.15, -0.1) is 0 Å². The van der Waals surface area contributed by atoms with E-state index in [9.17, 15) is 4.79 Å². The highest BCUT2D eigenvalue weighted by Gasteiger charge is 2.43. The first kappa shape index (κ1) is 13.0. The molecule has 0 fully saturated rings. The van der Waals surface area contributed by atoms with Gasteiger partial charge in [0.25, 0.3) is 0 Å². The summed E-state index contributed by atoms with van der Waals surface area (Å²) >= 11 is 0. The fraction of sp³-hybridized carbons (Fsp3) is 0.438. The number of carbonyl (C=O) groups excluding carboxylic acids is 1. The molecule has 106 valence electrons. The standard InChI is InChI=1S/C16H19NO3/c1-9(2)17-12-7-6-10(19-5)8-11(12)13-14(17)16(3,4)20-15(13)18/h6-9H,1-5H3. The predicted molar refractivity (Wildman–Crippen MR) is 77.3 cm³/mol. The molecule has 2 aromatic rings. The Morgan fingerprint density at radius 1 is 1.30 bits per heavy atom. The molecular weight excluding hydrogens is 254 g/mol. The molecule has 1 aromatic carbocycles. The third-order valence-corrected chi connectivity index (χ3v) is 3.85. The minimum absolute atomic E-state index is 0.248. The van der Waals surface area contributed by atoms with Crippen LogP contribution >= 0.6 is 0 Å². The average Bonchev–Trinajstić information content (AvgIpc) is 2.83. The summed E-state index contributed by atoms with van der Waals surface area (Å²) in [5.74, 6) is 0.501. The van der Waals surface area contributed by atoms with E-state index in [1.807, 2.05) is 32.0 Å². The maximum atomic E-state index is 12.3. The summed E-state index contributed by atoms with van der Waals surface area (Å²) in [6, 6.07) is 6.10. The van der Waals surface area contributed by atoms with Crippen molar-refractivity contribution in [3.8, 4) is 5.75 Å². The number of rotatable bonds is 2. The molecule has 0 N–H and O–H groups in total. The zero-order chi connectivity index (χ0) is 14.7. The zero-order valence-corrected chi connectivity index (χ0v) is 12.5. The topological polar surface area (TPSA) is 40.5 Å². The lowest BCUT2D eigenvalue weighted by Crippen LogP contribution is -2.22. The number of hydrogen-bond donors (Lipinski definition) is 0. The molecule has 1 aliphatic rings. The van der Waals surface area contributed by atoms with Gasteiger partial charge in [-0.1, -0.05) is 0 Å². The first-order chi connectivity index (χ1) is 9.36. The SMILES string of the molecule is COc1ccc2c(c1)c1c(n2C(C)C)C(C)(C)OC1=O. The van der Waals surface area contributed by atoms with Crippen LogP contribution in [0, 0.1) is 0 Å². The van der Waals surface area contributed by atoms with E-state index in [-0.39, 0.29) is 12.0 Å². The molecule has 0 unspecified atom stereocenters. The zero-order valence-electron chi connectivity index (χ0n) is 12.5. The number of methoxy groups -OCH3 is 1. The van der Waals surface area contributed by atoms with Crippen molar-refractivity contribution in [3.05, 3.63) is 29.5 Å². The number of nitrogens with zero attached hydrogens (tertiary/aromatic N) is 1. The lowest BCUT2D eigenvalue weighted by atomic mass is 10.0. The fourth-order valence-electron chi connectivity index (χ4n) is 3.09. The van der Waals surface area contributed by atoms with Gasteiger partial charge >= 0.3 is 5.97 Å². The average molecular weight is 273 g/mol. The number of ether oxygens (including phenoxy) is 2. The van der Waals surface area contributed by atoms with E-state index in [0.717, 1.165) is 22.3 Å². The largest absolute Gasteiger partial charge is 0.497 e. The quantitative estimate of drug-likeness (QED) is 0.784. The van der Waals surface area contributed by atoms with Gasteiger partial charge in [-0.3, -0.25) is 0 Å². The van der Waals surface area contributed by atoms with Gasteiger partial charge in [0, 0.05) is 16.9 Å². The molecule has 0 spiro atoms.